The molecule has 1 nitrogen and oxygen atoms in total. The molecule has 0 saturated heterocycles. The minimum absolute atomic E-state index is 0.731. The Labute approximate surface area is 68.0 Å². The van der Waals surface area contributed by atoms with Crippen LogP contribution in [0.1, 0.15) is 19.4 Å². The van der Waals surface area contributed by atoms with Gasteiger partial charge in [-0.2, -0.15) is 0 Å². The van der Waals surface area contributed by atoms with Crippen LogP contribution >= 0.6 is 0 Å². The molecule has 11 heavy (non-hydrogen) atoms. The number of ether oxygens (including phenoxy) is 1. The molecule has 1 rings (SSSR count). The highest BCUT2D eigenvalue weighted by Gasteiger charge is 1.90. The molecular weight excluding hydrogens is 136 g/mol. The zero-order chi connectivity index (χ0) is 8.10. The van der Waals surface area contributed by atoms with E-state index in [-0.39, 0.29) is 0 Å². The fraction of sp³-hybridized carbons (Fsp3) is 0.300. The number of benzene rings is 1. The molecular formula is C10H13O. The maximum absolute atomic E-state index is 5.29. The summed E-state index contributed by atoms with van der Waals surface area (Å²) in [6.07, 6.45) is 2.07. The molecule has 0 fully saturated rings. The van der Waals surface area contributed by atoms with Gasteiger partial charge in [-0.25, -0.2) is 0 Å². The summed E-state index contributed by atoms with van der Waals surface area (Å²) in [6.45, 7) is 4.74. The van der Waals surface area contributed by atoms with Gasteiger partial charge in [0.25, 0.3) is 0 Å². The Morgan fingerprint density at radius 2 is 1.91 bits per heavy atom. The van der Waals surface area contributed by atoms with Crippen LogP contribution in [-0.2, 0) is 0 Å². The summed E-state index contributed by atoms with van der Waals surface area (Å²) in [5.41, 5.74) is 1.23. The van der Waals surface area contributed by atoms with Crippen molar-refractivity contribution in [3.8, 4) is 5.75 Å². The van der Waals surface area contributed by atoms with Gasteiger partial charge < -0.3 is 4.74 Å². The molecule has 0 aliphatic carbocycles. The molecule has 1 heteroatoms. The zero-order valence-electron chi connectivity index (χ0n) is 7.00. The van der Waals surface area contributed by atoms with E-state index in [1.807, 2.05) is 38.1 Å². The molecule has 0 aliphatic heterocycles. The second kappa shape index (κ2) is 4.02. The van der Waals surface area contributed by atoms with Gasteiger partial charge in [0, 0.05) is 0 Å². The first kappa shape index (κ1) is 8.12. The van der Waals surface area contributed by atoms with Crippen molar-refractivity contribution in [1.82, 2.24) is 0 Å². The largest absolute Gasteiger partial charge is 0.494 e. The Bertz CT molecular complexity index is 201. The third kappa shape index (κ3) is 2.26. The van der Waals surface area contributed by atoms with Crippen LogP contribution in [0.5, 0.6) is 5.75 Å². The number of hydrogen-bond acceptors (Lipinski definition) is 1. The first-order valence-corrected chi connectivity index (χ1v) is 3.89. The average molecular weight is 149 g/mol. The van der Waals surface area contributed by atoms with Crippen molar-refractivity contribution >= 4 is 0 Å². The van der Waals surface area contributed by atoms with Gasteiger partial charge in [0.05, 0.1) is 6.61 Å². The van der Waals surface area contributed by atoms with Gasteiger partial charge in [0.1, 0.15) is 5.75 Å². The molecule has 0 spiro atoms. The number of rotatable bonds is 3. The van der Waals surface area contributed by atoms with Crippen molar-refractivity contribution < 1.29 is 4.74 Å². The molecule has 0 saturated carbocycles. The van der Waals surface area contributed by atoms with E-state index in [0.717, 1.165) is 12.4 Å². The minimum Gasteiger partial charge on any atom is -0.494 e. The van der Waals surface area contributed by atoms with E-state index in [1.165, 1.54) is 5.56 Å². The Morgan fingerprint density at radius 1 is 1.27 bits per heavy atom. The van der Waals surface area contributed by atoms with Gasteiger partial charge in [0.15, 0.2) is 0 Å². The first-order valence-electron chi connectivity index (χ1n) is 3.89. The highest BCUT2D eigenvalue weighted by atomic mass is 16.5. The van der Waals surface area contributed by atoms with Gasteiger partial charge in [-0.05, 0) is 31.0 Å². The van der Waals surface area contributed by atoms with Crippen LogP contribution in [-0.4, -0.2) is 6.61 Å². The van der Waals surface area contributed by atoms with Crippen LogP contribution in [0.25, 0.3) is 0 Å². The summed E-state index contributed by atoms with van der Waals surface area (Å²) < 4.78 is 5.29. The summed E-state index contributed by atoms with van der Waals surface area (Å²) in [7, 11) is 0. The van der Waals surface area contributed by atoms with Crippen LogP contribution in [0, 0.1) is 6.42 Å². The Morgan fingerprint density at radius 3 is 2.36 bits per heavy atom. The smallest absolute Gasteiger partial charge is 0.119 e. The fourth-order valence-corrected chi connectivity index (χ4v) is 0.923. The van der Waals surface area contributed by atoms with E-state index >= 15 is 0 Å². The highest BCUT2D eigenvalue weighted by Crippen LogP contribution is 2.12. The van der Waals surface area contributed by atoms with Gasteiger partial charge >= 0.3 is 0 Å². The van der Waals surface area contributed by atoms with Crippen LogP contribution < -0.4 is 4.74 Å². The quantitative estimate of drug-likeness (QED) is 0.642. The topological polar surface area (TPSA) is 9.23 Å². The summed E-state index contributed by atoms with van der Waals surface area (Å²) in [4.78, 5) is 0. The molecule has 0 aliphatic rings. The standard InChI is InChI=1S/C10H13O/c1-3-9-5-7-10(8-6-9)11-4-2/h3,5-8H,4H2,1-2H3. The predicted octanol–water partition coefficient (Wildman–Crippen LogP) is 2.66. The Kier molecular flexibility index (Phi) is 2.96. The molecule has 0 unspecified atom stereocenters. The van der Waals surface area contributed by atoms with E-state index in [1.54, 1.807) is 0 Å². The lowest BCUT2D eigenvalue weighted by molar-refractivity contribution is 0.340. The van der Waals surface area contributed by atoms with Crippen LogP contribution in [0.2, 0.25) is 0 Å². The van der Waals surface area contributed by atoms with Crippen LogP contribution in [0.15, 0.2) is 24.3 Å². The SMILES string of the molecule is C[CH]c1ccc(OCC)cc1. The van der Waals surface area contributed by atoms with Crippen molar-refractivity contribution in [2.75, 3.05) is 6.61 Å². The van der Waals surface area contributed by atoms with Gasteiger partial charge in [-0.15, -0.1) is 0 Å². The lowest BCUT2D eigenvalue weighted by Gasteiger charge is -2.02. The zero-order valence-corrected chi connectivity index (χ0v) is 7.00. The highest BCUT2D eigenvalue weighted by molar-refractivity contribution is 5.30. The maximum Gasteiger partial charge on any atom is 0.119 e. The van der Waals surface area contributed by atoms with Crippen molar-refractivity contribution in [3.63, 3.8) is 0 Å². The third-order valence-electron chi connectivity index (χ3n) is 1.52. The van der Waals surface area contributed by atoms with Gasteiger partial charge in [-0.1, -0.05) is 19.1 Å². The third-order valence-corrected chi connectivity index (χ3v) is 1.52. The molecule has 1 aromatic rings. The Hall–Kier alpha value is -0.980. The lowest BCUT2D eigenvalue weighted by atomic mass is 10.2. The van der Waals surface area contributed by atoms with Gasteiger partial charge in [-0.3, -0.25) is 0 Å². The van der Waals surface area contributed by atoms with E-state index in [2.05, 4.69) is 6.42 Å². The molecule has 0 heterocycles. The monoisotopic (exact) mass is 149 g/mol. The van der Waals surface area contributed by atoms with Crippen molar-refractivity contribution in [2.24, 2.45) is 0 Å². The van der Waals surface area contributed by atoms with Crippen molar-refractivity contribution in [1.29, 1.82) is 0 Å². The molecule has 59 valence electrons. The summed E-state index contributed by atoms with van der Waals surface area (Å²) >= 11 is 0. The van der Waals surface area contributed by atoms with Gasteiger partial charge in [0.2, 0.25) is 0 Å². The van der Waals surface area contributed by atoms with Crippen molar-refractivity contribution in [2.45, 2.75) is 13.8 Å². The summed E-state index contributed by atoms with van der Waals surface area (Å²) in [5.74, 6) is 0.943. The maximum atomic E-state index is 5.29. The van der Waals surface area contributed by atoms with Crippen LogP contribution in [0.3, 0.4) is 0 Å². The number of hydrogen-bond donors (Lipinski definition) is 0. The molecule has 0 atom stereocenters. The normalized spacial score (nSPS) is 9.64. The molecule has 0 aromatic heterocycles. The molecule has 0 N–H and O–H groups in total. The van der Waals surface area contributed by atoms with E-state index in [0.29, 0.717) is 0 Å². The van der Waals surface area contributed by atoms with Crippen LogP contribution in [0.4, 0.5) is 0 Å². The van der Waals surface area contributed by atoms with Crippen molar-refractivity contribution in [3.05, 3.63) is 36.2 Å². The molecule has 1 aromatic carbocycles. The fourth-order valence-electron chi connectivity index (χ4n) is 0.923. The first-order chi connectivity index (χ1) is 5.36. The summed E-state index contributed by atoms with van der Waals surface area (Å²) in [5, 5.41) is 0. The predicted molar refractivity (Wildman–Crippen MR) is 46.7 cm³/mol. The van der Waals surface area contributed by atoms with E-state index in [4.69, 9.17) is 4.74 Å². The Balaban J connectivity index is 2.66. The second-order valence-corrected chi connectivity index (χ2v) is 2.29. The molecule has 0 bridgehead atoms. The molecule has 1 radical (unpaired) electrons. The summed E-state index contributed by atoms with van der Waals surface area (Å²) in [6, 6.07) is 8.06. The average Bonchev–Trinajstić information content (AvgIpc) is 2.07. The minimum atomic E-state index is 0.731. The lowest BCUT2D eigenvalue weighted by Crippen LogP contribution is -1.90. The van der Waals surface area contributed by atoms with E-state index < -0.39 is 0 Å². The van der Waals surface area contributed by atoms with E-state index in [9.17, 15) is 0 Å². The second-order valence-electron chi connectivity index (χ2n) is 2.29. The molecule has 0 amide bonds.